The average molecular weight is 312 g/mol. The number of nitrogens with one attached hydrogen (secondary N) is 2. The van der Waals surface area contributed by atoms with Gasteiger partial charge in [0.1, 0.15) is 0 Å². The quantitative estimate of drug-likeness (QED) is 0.732. The van der Waals surface area contributed by atoms with Crippen LogP contribution in [-0.4, -0.2) is 24.3 Å². The smallest absolute Gasteiger partial charge is 0.319 e. The second-order valence-corrected chi connectivity index (χ2v) is 5.51. The van der Waals surface area contributed by atoms with Gasteiger partial charge in [-0.25, -0.2) is 4.79 Å². The highest BCUT2D eigenvalue weighted by Gasteiger charge is 2.12. The van der Waals surface area contributed by atoms with E-state index in [1.807, 2.05) is 54.6 Å². The molecule has 0 aliphatic carbocycles. The van der Waals surface area contributed by atoms with Gasteiger partial charge in [-0.05, 0) is 36.1 Å². The van der Waals surface area contributed by atoms with Crippen molar-refractivity contribution >= 4 is 11.7 Å². The SMILES string of the molecule is CCc1ccc(NC(=O)NCC(CCO)c2ccccc2)cc1. The molecule has 4 nitrogen and oxygen atoms in total. The molecule has 3 N–H and O–H groups in total. The van der Waals surface area contributed by atoms with Crippen LogP contribution in [0.1, 0.15) is 30.4 Å². The van der Waals surface area contributed by atoms with Crippen LogP contribution in [0, 0.1) is 0 Å². The minimum absolute atomic E-state index is 0.0986. The first-order valence-electron chi connectivity index (χ1n) is 8.02. The molecule has 122 valence electrons. The number of urea groups is 1. The summed E-state index contributed by atoms with van der Waals surface area (Å²) in [5, 5.41) is 14.9. The zero-order valence-corrected chi connectivity index (χ0v) is 13.5. The van der Waals surface area contributed by atoms with Crippen LogP contribution in [-0.2, 0) is 6.42 Å². The van der Waals surface area contributed by atoms with Crippen molar-refractivity contribution in [2.45, 2.75) is 25.7 Å². The minimum Gasteiger partial charge on any atom is -0.396 e. The Hall–Kier alpha value is -2.33. The van der Waals surface area contributed by atoms with E-state index in [2.05, 4.69) is 17.6 Å². The number of carbonyl (C=O) groups excluding carboxylic acids is 1. The van der Waals surface area contributed by atoms with Gasteiger partial charge < -0.3 is 15.7 Å². The largest absolute Gasteiger partial charge is 0.396 e. The molecule has 0 heterocycles. The third kappa shape index (κ3) is 5.42. The third-order valence-electron chi connectivity index (χ3n) is 3.88. The summed E-state index contributed by atoms with van der Waals surface area (Å²) in [5.41, 5.74) is 3.13. The summed E-state index contributed by atoms with van der Waals surface area (Å²) in [6.07, 6.45) is 1.60. The number of carbonyl (C=O) groups is 1. The Kier molecular flexibility index (Phi) is 6.63. The first-order chi connectivity index (χ1) is 11.2. The van der Waals surface area contributed by atoms with Gasteiger partial charge in [-0.3, -0.25) is 0 Å². The maximum atomic E-state index is 12.0. The highest BCUT2D eigenvalue weighted by atomic mass is 16.3. The lowest BCUT2D eigenvalue weighted by molar-refractivity contribution is 0.248. The van der Waals surface area contributed by atoms with Crippen molar-refractivity contribution in [2.75, 3.05) is 18.5 Å². The molecule has 0 aliphatic rings. The van der Waals surface area contributed by atoms with Crippen LogP contribution in [0.15, 0.2) is 54.6 Å². The number of aliphatic hydroxyl groups excluding tert-OH is 1. The Bertz CT molecular complexity index is 597. The predicted molar refractivity (Wildman–Crippen MR) is 93.7 cm³/mol. The standard InChI is InChI=1S/C19H24N2O2/c1-2-15-8-10-18(11-9-15)21-19(23)20-14-17(12-13-22)16-6-4-3-5-7-16/h3-11,17,22H,2,12-14H2,1H3,(H2,20,21,23). The summed E-state index contributed by atoms with van der Waals surface area (Å²) in [7, 11) is 0. The molecule has 0 saturated carbocycles. The first-order valence-corrected chi connectivity index (χ1v) is 8.02. The van der Waals surface area contributed by atoms with E-state index in [-0.39, 0.29) is 18.6 Å². The van der Waals surface area contributed by atoms with Gasteiger partial charge in [0.2, 0.25) is 0 Å². The van der Waals surface area contributed by atoms with Gasteiger partial charge in [-0.1, -0.05) is 49.4 Å². The Labute approximate surface area is 137 Å². The number of hydrogen-bond acceptors (Lipinski definition) is 2. The van der Waals surface area contributed by atoms with Crippen LogP contribution in [0.4, 0.5) is 10.5 Å². The van der Waals surface area contributed by atoms with E-state index in [0.29, 0.717) is 13.0 Å². The van der Waals surface area contributed by atoms with Crippen molar-refractivity contribution in [1.29, 1.82) is 0 Å². The van der Waals surface area contributed by atoms with E-state index in [1.54, 1.807) is 0 Å². The van der Waals surface area contributed by atoms with Crippen LogP contribution in [0.2, 0.25) is 0 Å². The number of aliphatic hydroxyl groups is 1. The Morgan fingerprint density at radius 2 is 1.78 bits per heavy atom. The molecular weight excluding hydrogens is 288 g/mol. The highest BCUT2D eigenvalue weighted by molar-refractivity contribution is 5.89. The molecule has 0 aromatic heterocycles. The van der Waals surface area contributed by atoms with Crippen molar-refractivity contribution in [3.63, 3.8) is 0 Å². The summed E-state index contributed by atoms with van der Waals surface area (Å²) in [5.74, 6) is 0.106. The van der Waals surface area contributed by atoms with Gasteiger partial charge in [0.15, 0.2) is 0 Å². The summed E-state index contributed by atoms with van der Waals surface area (Å²) in [6.45, 7) is 2.69. The van der Waals surface area contributed by atoms with E-state index < -0.39 is 0 Å². The summed E-state index contributed by atoms with van der Waals surface area (Å²) < 4.78 is 0. The fourth-order valence-electron chi connectivity index (χ4n) is 2.48. The molecule has 0 bridgehead atoms. The van der Waals surface area contributed by atoms with E-state index in [0.717, 1.165) is 17.7 Å². The molecule has 0 fully saturated rings. The lowest BCUT2D eigenvalue weighted by Gasteiger charge is -2.17. The van der Waals surface area contributed by atoms with E-state index >= 15 is 0 Å². The molecule has 0 saturated heterocycles. The van der Waals surface area contributed by atoms with Crippen LogP contribution in [0.25, 0.3) is 0 Å². The van der Waals surface area contributed by atoms with Crippen LogP contribution >= 0.6 is 0 Å². The molecule has 2 rings (SSSR count). The fraction of sp³-hybridized carbons (Fsp3) is 0.316. The molecular formula is C19H24N2O2. The van der Waals surface area contributed by atoms with Crippen molar-refractivity contribution in [3.05, 3.63) is 65.7 Å². The molecule has 0 aliphatic heterocycles. The maximum Gasteiger partial charge on any atom is 0.319 e. The van der Waals surface area contributed by atoms with Gasteiger partial charge in [0.25, 0.3) is 0 Å². The van der Waals surface area contributed by atoms with Crippen molar-refractivity contribution in [1.82, 2.24) is 5.32 Å². The molecule has 2 aromatic rings. The summed E-state index contributed by atoms with van der Waals surface area (Å²) in [6, 6.07) is 17.5. The van der Waals surface area contributed by atoms with Gasteiger partial charge in [-0.2, -0.15) is 0 Å². The molecule has 4 heteroatoms. The highest BCUT2D eigenvalue weighted by Crippen LogP contribution is 2.18. The zero-order chi connectivity index (χ0) is 16.5. The lowest BCUT2D eigenvalue weighted by atomic mass is 9.96. The molecule has 23 heavy (non-hydrogen) atoms. The molecule has 0 radical (unpaired) electrons. The summed E-state index contributed by atoms with van der Waals surface area (Å²) >= 11 is 0. The average Bonchev–Trinajstić information content (AvgIpc) is 2.60. The van der Waals surface area contributed by atoms with Crippen LogP contribution in [0.5, 0.6) is 0 Å². The molecule has 2 amide bonds. The molecule has 1 atom stereocenters. The Morgan fingerprint density at radius 1 is 1.09 bits per heavy atom. The van der Waals surface area contributed by atoms with Gasteiger partial charge in [0.05, 0.1) is 0 Å². The number of amides is 2. The van der Waals surface area contributed by atoms with Gasteiger partial charge in [-0.15, -0.1) is 0 Å². The minimum atomic E-state index is -0.229. The molecule has 0 spiro atoms. The van der Waals surface area contributed by atoms with Gasteiger partial charge >= 0.3 is 6.03 Å². The number of rotatable bonds is 7. The van der Waals surface area contributed by atoms with Crippen molar-refractivity contribution in [3.8, 4) is 0 Å². The van der Waals surface area contributed by atoms with Crippen LogP contribution in [0.3, 0.4) is 0 Å². The second-order valence-electron chi connectivity index (χ2n) is 5.51. The normalized spacial score (nSPS) is 11.7. The monoisotopic (exact) mass is 312 g/mol. The number of hydrogen-bond donors (Lipinski definition) is 3. The lowest BCUT2D eigenvalue weighted by Crippen LogP contribution is -2.32. The van der Waals surface area contributed by atoms with Crippen molar-refractivity contribution < 1.29 is 9.90 Å². The first kappa shape index (κ1) is 17.0. The molecule has 2 aromatic carbocycles. The zero-order valence-electron chi connectivity index (χ0n) is 13.5. The fourth-order valence-corrected chi connectivity index (χ4v) is 2.48. The Morgan fingerprint density at radius 3 is 2.39 bits per heavy atom. The van der Waals surface area contributed by atoms with E-state index in [1.165, 1.54) is 5.56 Å². The maximum absolute atomic E-state index is 12.0. The Balaban J connectivity index is 1.88. The number of aryl methyl sites for hydroxylation is 1. The summed E-state index contributed by atoms with van der Waals surface area (Å²) in [4.78, 5) is 12.0. The number of anilines is 1. The van der Waals surface area contributed by atoms with E-state index in [9.17, 15) is 9.90 Å². The van der Waals surface area contributed by atoms with Crippen molar-refractivity contribution in [2.24, 2.45) is 0 Å². The topological polar surface area (TPSA) is 61.4 Å². The van der Waals surface area contributed by atoms with Gasteiger partial charge in [0, 0.05) is 24.8 Å². The molecule has 1 unspecified atom stereocenters. The second kappa shape index (κ2) is 8.96. The number of benzene rings is 2. The van der Waals surface area contributed by atoms with Crippen LogP contribution < -0.4 is 10.6 Å². The van der Waals surface area contributed by atoms with E-state index in [4.69, 9.17) is 0 Å². The predicted octanol–water partition coefficient (Wildman–Crippen LogP) is 3.54. The third-order valence-corrected chi connectivity index (χ3v) is 3.88.